The maximum Gasteiger partial charge on any atom is 0.226 e. The van der Waals surface area contributed by atoms with Gasteiger partial charge in [-0.3, -0.25) is 4.79 Å². The Morgan fingerprint density at radius 3 is 2.79 bits per heavy atom. The van der Waals surface area contributed by atoms with Crippen molar-refractivity contribution in [2.24, 2.45) is 5.73 Å². The fraction of sp³-hybridized carbons (Fsp3) is 0.615. The molecule has 0 unspecified atom stereocenters. The van der Waals surface area contributed by atoms with E-state index >= 15 is 0 Å². The highest BCUT2D eigenvalue weighted by atomic mass is 16.5. The standard InChI is InChI=1S/C13H22N4O2/c1-9(2)19-12-8-10(3)16-13(17-12)15-7-5-4-6-11(14)18/h8-9H,4-7H2,1-3H3,(H2,14,18)(H,15,16,17). The van der Waals surface area contributed by atoms with E-state index in [0.29, 0.717) is 24.8 Å². The van der Waals surface area contributed by atoms with Crippen LogP contribution in [0, 0.1) is 6.92 Å². The van der Waals surface area contributed by atoms with Gasteiger partial charge in [0.1, 0.15) is 0 Å². The lowest BCUT2D eigenvalue weighted by atomic mass is 10.2. The molecule has 0 bridgehead atoms. The van der Waals surface area contributed by atoms with Gasteiger partial charge in [-0.25, -0.2) is 4.98 Å². The highest BCUT2D eigenvalue weighted by Crippen LogP contribution is 2.13. The van der Waals surface area contributed by atoms with Crippen molar-refractivity contribution in [3.8, 4) is 5.88 Å². The Labute approximate surface area is 113 Å². The molecule has 0 aliphatic carbocycles. The molecule has 0 saturated carbocycles. The predicted molar refractivity (Wildman–Crippen MR) is 74.1 cm³/mol. The van der Waals surface area contributed by atoms with Crippen molar-refractivity contribution in [2.45, 2.75) is 46.1 Å². The van der Waals surface area contributed by atoms with Gasteiger partial charge < -0.3 is 15.8 Å². The van der Waals surface area contributed by atoms with Gasteiger partial charge in [0, 0.05) is 24.7 Å². The number of amides is 1. The van der Waals surface area contributed by atoms with Crippen molar-refractivity contribution in [3.05, 3.63) is 11.8 Å². The first kappa shape index (κ1) is 15.2. The van der Waals surface area contributed by atoms with Crippen LogP contribution in [0.1, 0.15) is 38.8 Å². The summed E-state index contributed by atoms with van der Waals surface area (Å²) in [4.78, 5) is 19.1. The summed E-state index contributed by atoms with van der Waals surface area (Å²) >= 11 is 0. The lowest BCUT2D eigenvalue weighted by Gasteiger charge is -2.11. The number of ether oxygens (including phenoxy) is 1. The molecule has 1 rings (SSSR count). The Morgan fingerprint density at radius 2 is 2.16 bits per heavy atom. The first-order valence-corrected chi connectivity index (χ1v) is 6.52. The number of primary amides is 1. The molecule has 0 aliphatic rings. The van der Waals surface area contributed by atoms with Crippen molar-refractivity contribution in [1.82, 2.24) is 9.97 Å². The normalized spacial score (nSPS) is 10.5. The third-order valence-electron chi connectivity index (χ3n) is 2.32. The molecule has 1 aromatic heterocycles. The Hall–Kier alpha value is -1.85. The molecule has 0 spiro atoms. The van der Waals surface area contributed by atoms with Crippen LogP contribution in [-0.4, -0.2) is 28.5 Å². The maximum absolute atomic E-state index is 10.6. The summed E-state index contributed by atoms with van der Waals surface area (Å²) in [5.74, 6) is 0.858. The minimum Gasteiger partial charge on any atom is -0.475 e. The lowest BCUT2D eigenvalue weighted by Crippen LogP contribution is -2.12. The van der Waals surface area contributed by atoms with E-state index < -0.39 is 0 Å². The SMILES string of the molecule is Cc1cc(OC(C)C)nc(NCCCCC(N)=O)n1. The summed E-state index contributed by atoms with van der Waals surface area (Å²) in [5, 5.41) is 3.12. The van der Waals surface area contributed by atoms with E-state index in [1.54, 1.807) is 6.07 Å². The number of hydrogen-bond donors (Lipinski definition) is 2. The number of carbonyl (C=O) groups excluding carboxylic acids is 1. The van der Waals surface area contributed by atoms with E-state index in [1.807, 2.05) is 20.8 Å². The minimum atomic E-state index is -0.264. The fourth-order valence-corrected chi connectivity index (χ4v) is 1.55. The first-order valence-electron chi connectivity index (χ1n) is 6.52. The molecule has 0 saturated heterocycles. The molecule has 1 aromatic rings. The number of hydrogen-bond acceptors (Lipinski definition) is 5. The number of nitrogens with zero attached hydrogens (tertiary/aromatic N) is 2. The van der Waals surface area contributed by atoms with E-state index in [-0.39, 0.29) is 12.0 Å². The van der Waals surface area contributed by atoms with Gasteiger partial charge in [-0.1, -0.05) is 0 Å². The topological polar surface area (TPSA) is 90.1 Å². The van der Waals surface area contributed by atoms with Gasteiger partial charge in [-0.05, 0) is 33.6 Å². The number of aryl methyl sites for hydroxylation is 1. The Morgan fingerprint density at radius 1 is 1.42 bits per heavy atom. The molecule has 0 aliphatic heterocycles. The number of unbranched alkanes of at least 4 members (excludes halogenated alkanes) is 1. The zero-order valence-corrected chi connectivity index (χ0v) is 11.8. The van der Waals surface area contributed by atoms with Crippen molar-refractivity contribution >= 4 is 11.9 Å². The predicted octanol–water partition coefficient (Wildman–Crippen LogP) is 1.64. The molecule has 0 aromatic carbocycles. The molecular weight excluding hydrogens is 244 g/mol. The van der Waals surface area contributed by atoms with Gasteiger partial charge >= 0.3 is 0 Å². The molecule has 6 heteroatoms. The van der Waals surface area contributed by atoms with Gasteiger partial charge in [0.2, 0.25) is 17.7 Å². The molecule has 3 N–H and O–H groups in total. The smallest absolute Gasteiger partial charge is 0.226 e. The fourth-order valence-electron chi connectivity index (χ4n) is 1.55. The third-order valence-corrected chi connectivity index (χ3v) is 2.32. The van der Waals surface area contributed by atoms with Crippen LogP contribution < -0.4 is 15.8 Å². The number of rotatable bonds is 8. The van der Waals surface area contributed by atoms with Crippen LogP contribution in [0.2, 0.25) is 0 Å². The Balaban J connectivity index is 2.44. The second-order valence-electron chi connectivity index (χ2n) is 4.69. The molecule has 1 heterocycles. The van der Waals surface area contributed by atoms with E-state index in [0.717, 1.165) is 18.5 Å². The summed E-state index contributed by atoms with van der Waals surface area (Å²) in [7, 11) is 0. The van der Waals surface area contributed by atoms with E-state index in [9.17, 15) is 4.79 Å². The van der Waals surface area contributed by atoms with Gasteiger partial charge in [0.15, 0.2) is 0 Å². The van der Waals surface area contributed by atoms with E-state index in [4.69, 9.17) is 10.5 Å². The number of nitrogens with one attached hydrogen (secondary N) is 1. The minimum absolute atomic E-state index is 0.0812. The van der Waals surface area contributed by atoms with Crippen LogP contribution in [-0.2, 0) is 4.79 Å². The van der Waals surface area contributed by atoms with Crippen LogP contribution in [0.5, 0.6) is 5.88 Å². The second kappa shape index (κ2) is 7.56. The molecule has 0 radical (unpaired) electrons. The zero-order chi connectivity index (χ0) is 14.3. The Bertz CT molecular complexity index is 421. The lowest BCUT2D eigenvalue weighted by molar-refractivity contribution is -0.118. The molecule has 6 nitrogen and oxygen atoms in total. The summed E-state index contributed by atoms with van der Waals surface area (Å²) in [5.41, 5.74) is 5.92. The van der Waals surface area contributed by atoms with E-state index in [2.05, 4.69) is 15.3 Å². The third kappa shape index (κ3) is 6.59. The van der Waals surface area contributed by atoms with Crippen LogP contribution in [0.4, 0.5) is 5.95 Å². The average Bonchev–Trinajstić information content (AvgIpc) is 2.26. The summed E-state index contributed by atoms with van der Waals surface area (Å²) < 4.78 is 5.54. The molecule has 106 valence electrons. The molecule has 19 heavy (non-hydrogen) atoms. The van der Waals surface area contributed by atoms with Crippen LogP contribution in [0.15, 0.2) is 6.07 Å². The number of nitrogens with two attached hydrogens (primary N) is 1. The number of anilines is 1. The van der Waals surface area contributed by atoms with Crippen LogP contribution >= 0.6 is 0 Å². The molecule has 0 fully saturated rings. The van der Waals surface area contributed by atoms with Crippen molar-refractivity contribution in [1.29, 1.82) is 0 Å². The number of carbonyl (C=O) groups is 1. The highest BCUT2D eigenvalue weighted by Gasteiger charge is 2.04. The summed E-state index contributed by atoms with van der Waals surface area (Å²) in [6.07, 6.45) is 2.11. The Kier molecular flexibility index (Phi) is 6.05. The zero-order valence-electron chi connectivity index (χ0n) is 11.8. The van der Waals surface area contributed by atoms with Crippen molar-refractivity contribution in [3.63, 3.8) is 0 Å². The summed E-state index contributed by atoms with van der Waals surface area (Å²) in [6.45, 7) is 6.51. The highest BCUT2D eigenvalue weighted by molar-refractivity contribution is 5.73. The second-order valence-corrected chi connectivity index (χ2v) is 4.69. The van der Waals surface area contributed by atoms with Gasteiger partial charge in [-0.2, -0.15) is 4.98 Å². The van der Waals surface area contributed by atoms with Crippen LogP contribution in [0.3, 0.4) is 0 Å². The average molecular weight is 266 g/mol. The number of aromatic nitrogens is 2. The van der Waals surface area contributed by atoms with Crippen LogP contribution in [0.25, 0.3) is 0 Å². The monoisotopic (exact) mass is 266 g/mol. The molecule has 0 atom stereocenters. The van der Waals surface area contributed by atoms with Crippen molar-refractivity contribution < 1.29 is 9.53 Å². The van der Waals surface area contributed by atoms with Crippen molar-refractivity contribution in [2.75, 3.05) is 11.9 Å². The molecule has 1 amide bonds. The van der Waals surface area contributed by atoms with Gasteiger partial charge in [-0.15, -0.1) is 0 Å². The van der Waals surface area contributed by atoms with Gasteiger partial charge in [0.25, 0.3) is 0 Å². The largest absolute Gasteiger partial charge is 0.475 e. The molecular formula is C13H22N4O2. The summed E-state index contributed by atoms with van der Waals surface area (Å²) in [6, 6.07) is 1.80. The van der Waals surface area contributed by atoms with E-state index in [1.165, 1.54) is 0 Å². The quantitative estimate of drug-likeness (QED) is 0.698. The maximum atomic E-state index is 10.6. The first-order chi connectivity index (χ1) is 8.97. The van der Waals surface area contributed by atoms with Gasteiger partial charge in [0.05, 0.1) is 6.10 Å².